The molecule has 1 fully saturated rings. The van der Waals surface area contributed by atoms with Gasteiger partial charge in [-0.15, -0.1) is 0 Å². The highest BCUT2D eigenvalue weighted by atomic mass is 127. The van der Waals surface area contributed by atoms with E-state index in [1.54, 1.807) is 4.57 Å². The number of imidazole rings is 1. The summed E-state index contributed by atoms with van der Waals surface area (Å²) in [5.74, 6) is 0. The number of amides is 1. The standard InChI is InChI=1S/C13H22N3O.HI/c1-4-13(2)5-7-15(8-6-13)12(17)16-10-9-14(3)11-16;/h9-11H,4-8H2,1-3H3;1H/q+1;/p-1. The van der Waals surface area contributed by atoms with Gasteiger partial charge in [-0.2, -0.15) is 4.57 Å². The molecule has 1 aliphatic heterocycles. The second-order valence-corrected chi connectivity index (χ2v) is 5.42. The summed E-state index contributed by atoms with van der Waals surface area (Å²) in [6.07, 6.45) is 8.95. The van der Waals surface area contributed by atoms with Crippen molar-refractivity contribution >= 4 is 6.03 Å². The van der Waals surface area contributed by atoms with E-state index in [0.717, 1.165) is 25.9 Å². The van der Waals surface area contributed by atoms with E-state index >= 15 is 0 Å². The van der Waals surface area contributed by atoms with Gasteiger partial charge < -0.3 is 28.9 Å². The quantitative estimate of drug-likeness (QED) is 0.455. The van der Waals surface area contributed by atoms with E-state index in [1.807, 2.05) is 35.2 Å². The van der Waals surface area contributed by atoms with Gasteiger partial charge in [0.05, 0.1) is 7.05 Å². The van der Waals surface area contributed by atoms with Crippen LogP contribution in [0.25, 0.3) is 0 Å². The van der Waals surface area contributed by atoms with E-state index in [0.29, 0.717) is 5.41 Å². The minimum absolute atomic E-state index is 0. The molecule has 0 atom stereocenters. The highest BCUT2D eigenvalue weighted by molar-refractivity contribution is 5.76. The number of aromatic nitrogens is 2. The third-order valence-electron chi connectivity index (χ3n) is 4.08. The van der Waals surface area contributed by atoms with Gasteiger partial charge in [-0.3, -0.25) is 0 Å². The molecule has 0 saturated carbocycles. The lowest BCUT2D eigenvalue weighted by molar-refractivity contribution is -0.670. The lowest BCUT2D eigenvalue weighted by Crippen LogP contribution is -3.00. The van der Waals surface area contributed by atoms with Crippen molar-refractivity contribution in [2.45, 2.75) is 33.1 Å². The van der Waals surface area contributed by atoms with Gasteiger partial charge in [-0.1, -0.05) is 20.3 Å². The van der Waals surface area contributed by atoms with E-state index in [2.05, 4.69) is 13.8 Å². The van der Waals surface area contributed by atoms with Crippen molar-refractivity contribution in [2.24, 2.45) is 12.5 Å². The monoisotopic (exact) mass is 363 g/mol. The van der Waals surface area contributed by atoms with Crippen LogP contribution in [0.4, 0.5) is 4.79 Å². The fourth-order valence-corrected chi connectivity index (χ4v) is 2.32. The lowest BCUT2D eigenvalue weighted by atomic mass is 9.78. The average Bonchev–Trinajstić information content (AvgIpc) is 2.76. The predicted octanol–water partition coefficient (Wildman–Crippen LogP) is -1.20. The minimum Gasteiger partial charge on any atom is -1.00 e. The molecule has 1 saturated heterocycles. The zero-order valence-corrected chi connectivity index (χ0v) is 13.6. The van der Waals surface area contributed by atoms with Crippen molar-refractivity contribution in [1.29, 1.82) is 0 Å². The zero-order valence-electron chi connectivity index (χ0n) is 11.4. The number of rotatable bonds is 1. The zero-order chi connectivity index (χ0) is 12.5. The van der Waals surface area contributed by atoms with E-state index in [1.165, 1.54) is 6.42 Å². The van der Waals surface area contributed by atoms with E-state index < -0.39 is 0 Å². The summed E-state index contributed by atoms with van der Waals surface area (Å²) in [6, 6.07) is 0.101. The largest absolute Gasteiger partial charge is 1.00 e. The van der Waals surface area contributed by atoms with Crippen molar-refractivity contribution in [2.75, 3.05) is 13.1 Å². The number of nitrogens with zero attached hydrogens (tertiary/aromatic N) is 3. The van der Waals surface area contributed by atoms with E-state index in [4.69, 9.17) is 0 Å². The highest BCUT2D eigenvalue weighted by Crippen LogP contribution is 2.33. The molecule has 0 unspecified atom stereocenters. The summed E-state index contributed by atoms with van der Waals surface area (Å²) < 4.78 is 3.55. The van der Waals surface area contributed by atoms with Crippen molar-refractivity contribution in [3.63, 3.8) is 0 Å². The third kappa shape index (κ3) is 3.24. The van der Waals surface area contributed by atoms with Gasteiger partial charge in [0.25, 0.3) is 6.33 Å². The molecule has 0 spiro atoms. The first-order chi connectivity index (χ1) is 8.04. The number of carbonyl (C=O) groups is 1. The number of halogens is 1. The Morgan fingerprint density at radius 2 is 2.00 bits per heavy atom. The maximum atomic E-state index is 12.2. The summed E-state index contributed by atoms with van der Waals surface area (Å²) in [5, 5.41) is 0. The fourth-order valence-electron chi connectivity index (χ4n) is 2.32. The Morgan fingerprint density at radius 3 is 2.44 bits per heavy atom. The van der Waals surface area contributed by atoms with E-state index in [9.17, 15) is 4.79 Å². The average molecular weight is 363 g/mol. The summed E-state index contributed by atoms with van der Waals surface area (Å²) in [6.45, 7) is 6.32. The maximum Gasteiger partial charge on any atom is 0.415 e. The molecule has 4 nitrogen and oxygen atoms in total. The molecule has 1 aromatic rings. The Hall–Kier alpha value is -0.590. The van der Waals surface area contributed by atoms with Crippen molar-refractivity contribution < 1.29 is 33.3 Å². The molecule has 1 amide bonds. The first-order valence-electron chi connectivity index (χ1n) is 6.36. The smallest absolute Gasteiger partial charge is 0.415 e. The Balaban J connectivity index is 0.00000162. The first-order valence-corrected chi connectivity index (χ1v) is 6.36. The molecule has 0 aromatic carbocycles. The predicted molar refractivity (Wildman–Crippen MR) is 65.6 cm³/mol. The SMILES string of the molecule is CCC1(C)CCN(C(=O)n2cc[n+](C)c2)CC1.[I-]. The van der Waals surface area contributed by atoms with Gasteiger partial charge in [-0.05, 0) is 18.3 Å². The van der Waals surface area contributed by atoms with E-state index in [-0.39, 0.29) is 30.0 Å². The van der Waals surface area contributed by atoms with Crippen LogP contribution >= 0.6 is 0 Å². The highest BCUT2D eigenvalue weighted by Gasteiger charge is 2.32. The van der Waals surface area contributed by atoms with Crippen molar-refractivity contribution in [1.82, 2.24) is 9.47 Å². The van der Waals surface area contributed by atoms with Crippen LogP contribution in [0.15, 0.2) is 18.7 Å². The van der Waals surface area contributed by atoms with Gasteiger partial charge >= 0.3 is 6.03 Å². The van der Waals surface area contributed by atoms with Gasteiger partial charge in [-0.25, -0.2) is 9.36 Å². The second-order valence-electron chi connectivity index (χ2n) is 5.42. The number of hydrogen-bond acceptors (Lipinski definition) is 1. The molecule has 5 heteroatoms. The van der Waals surface area contributed by atoms with Crippen LogP contribution < -0.4 is 28.5 Å². The summed E-state index contributed by atoms with van der Waals surface area (Å²) in [4.78, 5) is 14.1. The van der Waals surface area contributed by atoms with Crippen LogP contribution in [-0.4, -0.2) is 28.6 Å². The number of likely N-dealkylation sites (tertiary alicyclic amines) is 1. The van der Waals surface area contributed by atoms with Gasteiger partial charge in [0.2, 0.25) is 0 Å². The molecule has 0 radical (unpaired) electrons. The molecule has 2 heterocycles. The van der Waals surface area contributed by atoms with Gasteiger partial charge in [0.1, 0.15) is 12.4 Å². The molecule has 0 N–H and O–H groups in total. The van der Waals surface area contributed by atoms with Crippen LogP contribution in [0.1, 0.15) is 33.1 Å². The molecule has 1 aliphatic rings. The molecule has 0 bridgehead atoms. The summed E-state index contributed by atoms with van der Waals surface area (Å²) in [7, 11) is 1.92. The van der Waals surface area contributed by atoms with Crippen LogP contribution in [0.3, 0.4) is 0 Å². The van der Waals surface area contributed by atoms with Crippen LogP contribution in [0.2, 0.25) is 0 Å². The second kappa shape index (κ2) is 6.04. The van der Waals surface area contributed by atoms with Crippen molar-refractivity contribution in [3.05, 3.63) is 18.7 Å². The molecule has 2 rings (SSSR count). The Kier molecular flexibility index (Phi) is 5.19. The van der Waals surface area contributed by atoms with Crippen LogP contribution in [0.5, 0.6) is 0 Å². The minimum atomic E-state index is 0. The molecule has 18 heavy (non-hydrogen) atoms. The molecular formula is C13H22IN3O. The summed E-state index contributed by atoms with van der Waals surface area (Å²) in [5.41, 5.74) is 0.429. The van der Waals surface area contributed by atoms with Gasteiger partial charge in [0, 0.05) is 13.1 Å². The Morgan fingerprint density at radius 1 is 1.39 bits per heavy atom. The maximum absolute atomic E-state index is 12.2. The third-order valence-corrected chi connectivity index (χ3v) is 4.08. The first kappa shape index (κ1) is 15.5. The normalized spacial score (nSPS) is 18.3. The number of piperidine rings is 1. The van der Waals surface area contributed by atoms with Crippen LogP contribution in [0, 0.1) is 5.41 Å². The number of hydrogen-bond donors (Lipinski definition) is 0. The number of aryl methyl sites for hydroxylation is 1. The fraction of sp³-hybridized carbons (Fsp3) is 0.692. The van der Waals surface area contributed by atoms with Crippen LogP contribution in [-0.2, 0) is 7.05 Å². The summed E-state index contributed by atoms with van der Waals surface area (Å²) >= 11 is 0. The molecule has 1 aromatic heterocycles. The number of carbonyl (C=O) groups excluding carboxylic acids is 1. The Bertz CT molecular complexity index is 408. The lowest BCUT2D eigenvalue weighted by Gasteiger charge is -2.37. The molecule has 0 aliphatic carbocycles. The topological polar surface area (TPSA) is 29.1 Å². The van der Waals surface area contributed by atoms with Crippen molar-refractivity contribution in [3.8, 4) is 0 Å². The Labute approximate surface area is 126 Å². The van der Waals surface area contributed by atoms with Gasteiger partial charge in [0.15, 0.2) is 0 Å². The molecule has 102 valence electrons. The molecular weight excluding hydrogens is 341 g/mol.